The molecule has 0 saturated carbocycles. The van der Waals surface area contributed by atoms with Gasteiger partial charge in [0.1, 0.15) is 5.69 Å². The van der Waals surface area contributed by atoms with Crippen molar-refractivity contribution in [3.05, 3.63) is 34.4 Å². The first-order chi connectivity index (χ1) is 10.4. The molecule has 2 aliphatic heterocycles. The molecule has 5 heteroatoms. The monoisotopic (exact) mass is 304 g/mol. The Morgan fingerprint density at radius 2 is 2.05 bits per heavy atom. The molecule has 120 valence electrons. The molecule has 0 amide bonds. The SMILES string of the molecule is CC1OCCC12CCN(c1ccccc1[N+](=O)[O-])C(C)(C)C2. The van der Waals surface area contributed by atoms with Crippen LogP contribution in [0.25, 0.3) is 0 Å². The highest BCUT2D eigenvalue weighted by atomic mass is 16.6. The van der Waals surface area contributed by atoms with Crippen LogP contribution in [-0.2, 0) is 4.74 Å². The summed E-state index contributed by atoms with van der Waals surface area (Å²) in [6, 6.07) is 7.07. The molecule has 0 N–H and O–H groups in total. The maximum Gasteiger partial charge on any atom is 0.292 e. The number of para-hydroxylation sites is 2. The molecule has 2 unspecified atom stereocenters. The zero-order valence-electron chi connectivity index (χ0n) is 13.5. The smallest absolute Gasteiger partial charge is 0.292 e. The van der Waals surface area contributed by atoms with E-state index in [4.69, 9.17) is 4.74 Å². The van der Waals surface area contributed by atoms with Crippen molar-refractivity contribution in [1.82, 2.24) is 0 Å². The summed E-state index contributed by atoms with van der Waals surface area (Å²) in [4.78, 5) is 13.3. The fraction of sp³-hybridized carbons (Fsp3) is 0.647. The normalized spacial score (nSPS) is 30.7. The minimum absolute atomic E-state index is 0.119. The summed E-state index contributed by atoms with van der Waals surface area (Å²) in [7, 11) is 0. The Morgan fingerprint density at radius 3 is 2.64 bits per heavy atom. The van der Waals surface area contributed by atoms with E-state index >= 15 is 0 Å². The molecule has 5 nitrogen and oxygen atoms in total. The summed E-state index contributed by atoms with van der Waals surface area (Å²) in [6.07, 6.45) is 3.42. The molecule has 0 bridgehead atoms. The number of hydrogen-bond acceptors (Lipinski definition) is 4. The Bertz CT molecular complexity index is 587. The lowest BCUT2D eigenvalue weighted by Gasteiger charge is -2.52. The summed E-state index contributed by atoms with van der Waals surface area (Å²) in [5, 5.41) is 11.3. The zero-order valence-corrected chi connectivity index (χ0v) is 13.5. The molecule has 2 saturated heterocycles. The maximum atomic E-state index is 11.3. The van der Waals surface area contributed by atoms with Gasteiger partial charge in [-0.1, -0.05) is 12.1 Å². The number of benzene rings is 1. The third-order valence-corrected chi connectivity index (χ3v) is 5.55. The average Bonchev–Trinajstić information content (AvgIpc) is 2.78. The maximum absolute atomic E-state index is 11.3. The molecule has 2 atom stereocenters. The summed E-state index contributed by atoms with van der Waals surface area (Å²) in [5.41, 5.74) is 1.04. The van der Waals surface area contributed by atoms with Crippen LogP contribution in [0.5, 0.6) is 0 Å². The molecular formula is C17H24N2O3. The first-order valence-corrected chi connectivity index (χ1v) is 7.98. The van der Waals surface area contributed by atoms with E-state index in [1.807, 2.05) is 12.1 Å². The van der Waals surface area contributed by atoms with E-state index in [9.17, 15) is 10.1 Å². The number of anilines is 1. The Labute approximate surface area is 131 Å². The van der Waals surface area contributed by atoms with Gasteiger partial charge in [0.2, 0.25) is 0 Å². The predicted molar refractivity (Wildman–Crippen MR) is 86.2 cm³/mol. The molecule has 22 heavy (non-hydrogen) atoms. The molecule has 2 fully saturated rings. The van der Waals surface area contributed by atoms with Crippen molar-refractivity contribution in [3.63, 3.8) is 0 Å². The topological polar surface area (TPSA) is 55.6 Å². The van der Waals surface area contributed by atoms with Crippen molar-refractivity contribution >= 4 is 11.4 Å². The van der Waals surface area contributed by atoms with E-state index in [1.54, 1.807) is 12.1 Å². The first-order valence-electron chi connectivity index (χ1n) is 7.98. The van der Waals surface area contributed by atoms with E-state index in [0.717, 1.165) is 38.1 Å². The molecule has 1 spiro atoms. The number of rotatable bonds is 2. The second-order valence-electron chi connectivity index (χ2n) is 7.26. The number of nitrogens with zero attached hydrogens (tertiary/aromatic N) is 2. The fourth-order valence-corrected chi connectivity index (χ4v) is 4.36. The summed E-state index contributed by atoms with van der Waals surface area (Å²) in [6.45, 7) is 8.23. The van der Waals surface area contributed by atoms with Gasteiger partial charge in [-0.25, -0.2) is 0 Å². The Morgan fingerprint density at radius 1 is 1.32 bits per heavy atom. The quantitative estimate of drug-likeness (QED) is 0.616. The van der Waals surface area contributed by atoms with E-state index in [2.05, 4.69) is 25.7 Å². The van der Waals surface area contributed by atoms with Crippen molar-refractivity contribution in [2.45, 2.75) is 51.7 Å². The van der Waals surface area contributed by atoms with Crippen molar-refractivity contribution < 1.29 is 9.66 Å². The lowest BCUT2D eigenvalue weighted by atomic mass is 9.67. The van der Waals surface area contributed by atoms with Crippen LogP contribution in [0.4, 0.5) is 11.4 Å². The third kappa shape index (κ3) is 2.37. The van der Waals surface area contributed by atoms with Gasteiger partial charge in [0.05, 0.1) is 11.0 Å². The molecule has 0 aliphatic carbocycles. The van der Waals surface area contributed by atoms with Crippen molar-refractivity contribution in [2.75, 3.05) is 18.1 Å². The van der Waals surface area contributed by atoms with Crippen LogP contribution in [0.2, 0.25) is 0 Å². The van der Waals surface area contributed by atoms with Gasteiger partial charge >= 0.3 is 0 Å². The predicted octanol–water partition coefficient (Wildman–Crippen LogP) is 3.77. The molecule has 3 rings (SSSR count). The van der Waals surface area contributed by atoms with Gasteiger partial charge in [-0.05, 0) is 46.1 Å². The lowest BCUT2D eigenvalue weighted by molar-refractivity contribution is -0.384. The van der Waals surface area contributed by atoms with E-state index in [0.29, 0.717) is 0 Å². The van der Waals surface area contributed by atoms with Crippen LogP contribution < -0.4 is 4.90 Å². The number of piperidine rings is 1. The van der Waals surface area contributed by atoms with Gasteiger partial charge in [0.15, 0.2) is 0 Å². The van der Waals surface area contributed by atoms with Gasteiger partial charge in [-0.15, -0.1) is 0 Å². The molecule has 2 heterocycles. The number of ether oxygens (including phenoxy) is 1. The number of nitro groups is 1. The molecular weight excluding hydrogens is 280 g/mol. The second-order valence-corrected chi connectivity index (χ2v) is 7.26. The highest BCUT2D eigenvalue weighted by Crippen LogP contribution is 2.51. The Kier molecular flexibility index (Phi) is 3.63. The molecule has 2 aliphatic rings. The van der Waals surface area contributed by atoms with Crippen LogP contribution in [0.1, 0.15) is 40.0 Å². The minimum Gasteiger partial charge on any atom is -0.378 e. The summed E-state index contributed by atoms with van der Waals surface area (Å²) >= 11 is 0. The first kappa shape index (κ1) is 15.3. The van der Waals surface area contributed by atoms with E-state index < -0.39 is 0 Å². The number of hydrogen-bond donors (Lipinski definition) is 0. The van der Waals surface area contributed by atoms with Crippen molar-refractivity contribution in [1.29, 1.82) is 0 Å². The van der Waals surface area contributed by atoms with Crippen LogP contribution in [0, 0.1) is 15.5 Å². The van der Waals surface area contributed by atoms with Gasteiger partial charge < -0.3 is 9.64 Å². The van der Waals surface area contributed by atoms with Crippen LogP contribution in [-0.4, -0.2) is 29.7 Å². The van der Waals surface area contributed by atoms with Gasteiger partial charge in [0, 0.05) is 30.2 Å². The molecule has 0 radical (unpaired) electrons. The molecule has 1 aromatic carbocycles. The minimum atomic E-state index is -0.281. The largest absolute Gasteiger partial charge is 0.378 e. The lowest BCUT2D eigenvalue weighted by Crippen LogP contribution is -2.55. The standard InChI is InChI=1S/C17H24N2O3/c1-13-17(9-11-22-13)8-10-18(16(2,3)12-17)14-6-4-5-7-15(14)19(20)21/h4-7,13H,8-12H2,1-3H3. The van der Waals surface area contributed by atoms with Crippen molar-refractivity contribution in [2.24, 2.45) is 5.41 Å². The highest BCUT2D eigenvalue weighted by molar-refractivity contribution is 5.64. The van der Waals surface area contributed by atoms with Crippen LogP contribution >= 0.6 is 0 Å². The second kappa shape index (κ2) is 5.23. The Hall–Kier alpha value is -1.62. The van der Waals surface area contributed by atoms with Crippen molar-refractivity contribution in [3.8, 4) is 0 Å². The average molecular weight is 304 g/mol. The fourth-order valence-electron chi connectivity index (χ4n) is 4.36. The van der Waals surface area contributed by atoms with E-state index in [-0.39, 0.29) is 27.7 Å². The highest BCUT2D eigenvalue weighted by Gasteiger charge is 2.50. The van der Waals surface area contributed by atoms with Crippen LogP contribution in [0.3, 0.4) is 0 Å². The molecule has 1 aromatic rings. The van der Waals surface area contributed by atoms with Gasteiger partial charge in [0.25, 0.3) is 5.69 Å². The summed E-state index contributed by atoms with van der Waals surface area (Å²) < 4.78 is 5.82. The van der Waals surface area contributed by atoms with Gasteiger partial charge in [-0.3, -0.25) is 10.1 Å². The molecule has 0 aromatic heterocycles. The zero-order chi connectivity index (χ0) is 16.0. The Balaban J connectivity index is 1.93. The van der Waals surface area contributed by atoms with Gasteiger partial charge in [-0.2, -0.15) is 0 Å². The summed E-state index contributed by atoms with van der Waals surface area (Å²) in [5.74, 6) is 0. The van der Waals surface area contributed by atoms with E-state index in [1.165, 1.54) is 0 Å². The van der Waals surface area contributed by atoms with Crippen LogP contribution in [0.15, 0.2) is 24.3 Å². The third-order valence-electron chi connectivity index (χ3n) is 5.55. The number of nitro benzene ring substituents is 1.